The molecule has 0 saturated heterocycles. The van der Waals surface area contributed by atoms with Gasteiger partial charge in [-0.25, -0.2) is 9.97 Å². The van der Waals surface area contributed by atoms with Crippen LogP contribution in [0.15, 0.2) is 47.2 Å². The van der Waals surface area contributed by atoms with E-state index in [9.17, 15) is 9.59 Å². The molecule has 0 aliphatic heterocycles. The Hall–Kier alpha value is -2.85. The fourth-order valence-corrected chi connectivity index (χ4v) is 3.93. The van der Waals surface area contributed by atoms with Gasteiger partial charge in [-0.15, -0.1) is 11.3 Å². The first-order chi connectivity index (χ1) is 14.1. The third kappa shape index (κ3) is 5.81. The van der Waals surface area contributed by atoms with Crippen LogP contribution in [0.1, 0.15) is 12.6 Å². The van der Waals surface area contributed by atoms with Crippen LogP contribution >= 0.6 is 23.1 Å². The van der Waals surface area contributed by atoms with E-state index in [2.05, 4.69) is 15.3 Å². The molecule has 0 spiro atoms. The highest BCUT2D eigenvalue weighted by Crippen LogP contribution is 2.23. The zero-order chi connectivity index (χ0) is 20.6. The number of aromatic nitrogens is 3. The number of methoxy groups -OCH3 is 1. The predicted molar refractivity (Wildman–Crippen MR) is 112 cm³/mol. The number of hydrogen-bond donors (Lipinski definition) is 1. The van der Waals surface area contributed by atoms with Crippen LogP contribution in [0.25, 0.3) is 5.69 Å². The molecule has 1 aromatic carbocycles. The number of thiazole rings is 1. The molecule has 0 aliphatic rings. The van der Waals surface area contributed by atoms with E-state index in [1.165, 1.54) is 23.1 Å². The average molecular weight is 433 g/mol. The molecule has 0 saturated carbocycles. The summed E-state index contributed by atoms with van der Waals surface area (Å²) < 4.78 is 12.0. The summed E-state index contributed by atoms with van der Waals surface area (Å²) >= 11 is 2.59. The number of anilines is 1. The molecule has 0 aliphatic carbocycles. The number of carbonyl (C=O) groups is 2. The molecule has 3 aromatic rings. The number of benzene rings is 1. The Kier molecular flexibility index (Phi) is 7.25. The second-order valence-corrected chi connectivity index (χ2v) is 7.54. The van der Waals surface area contributed by atoms with Gasteiger partial charge in [0.05, 0.1) is 31.6 Å². The van der Waals surface area contributed by atoms with Gasteiger partial charge >= 0.3 is 5.97 Å². The standard InChI is InChI=1S/C19H20N4O4S2/c1-3-27-17(25)10-13-11-28-18(21-13)22-16(24)12-29-19-20-8-9-23(19)14-4-6-15(26-2)7-5-14/h4-9,11H,3,10,12H2,1-2H3,(H,21,22,24). The molecule has 0 bridgehead atoms. The lowest BCUT2D eigenvalue weighted by Crippen LogP contribution is -2.14. The number of hydrogen-bond acceptors (Lipinski definition) is 8. The zero-order valence-corrected chi connectivity index (χ0v) is 17.6. The summed E-state index contributed by atoms with van der Waals surface area (Å²) in [4.78, 5) is 32.3. The second-order valence-electron chi connectivity index (χ2n) is 5.74. The van der Waals surface area contributed by atoms with Crippen molar-refractivity contribution in [2.45, 2.75) is 18.5 Å². The predicted octanol–water partition coefficient (Wildman–Crippen LogP) is 3.17. The Balaban J connectivity index is 1.54. The lowest BCUT2D eigenvalue weighted by Gasteiger charge is -2.08. The number of ether oxygens (including phenoxy) is 2. The fraction of sp³-hybridized carbons (Fsp3) is 0.263. The highest BCUT2D eigenvalue weighted by Gasteiger charge is 2.13. The van der Waals surface area contributed by atoms with Gasteiger partial charge in [0.25, 0.3) is 0 Å². The number of esters is 1. The van der Waals surface area contributed by atoms with Gasteiger partial charge in [0.15, 0.2) is 10.3 Å². The third-order valence-corrected chi connectivity index (χ3v) is 5.49. The number of rotatable bonds is 9. The molecule has 2 heterocycles. The number of amides is 1. The number of imidazole rings is 1. The van der Waals surface area contributed by atoms with E-state index in [-0.39, 0.29) is 24.1 Å². The van der Waals surface area contributed by atoms with E-state index in [1.54, 1.807) is 25.6 Å². The molecule has 0 fully saturated rings. The maximum absolute atomic E-state index is 12.3. The van der Waals surface area contributed by atoms with Crippen molar-refractivity contribution in [2.75, 3.05) is 24.8 Å². The van der Waals surface area contributed by atoms with Gasteiger partial charge in [0, 0.05) is 23.5 Å². The zero-order valence-electron chi connectivity index (χ0n) is 16.0. The number of thioether (sulfide) groups is 1. The van der Waals surface area contributed by atoms with Gasteiger partial charge in [-0.05, 0) is 31.2 Å². The van der Waals surface area contributed by atoms with Crippen LogP contribution in [0.3, 0.4) is 0 Å². The topological polar surface area (TPSA) is 95.3 Å². The molecule has 0 atom stereocenters. The molecule has 8 nitrogen and oxygen atoms in total. The Labute approximate surface area is 176 Å². The van der Waals surface area contributed by atoms with Gasteiger partial charge in [0.1, 0.15) is 5.75 Å². The van der Waals surface area contributed by atoms with Crippen LogP contribution in [0, 0.1) is 0 Å². The largest absolute Gasteiger partial charge is 0.497 e. The maximum atomic E-state index is 12.3. The second kappa shape index (κ2) is 10.1. The van der Waals surface area contributed by atoms with E-state index in [0.717, 1.165) is 11.4 Å². The van der Waals surface area contributed by atoms with E-state index < -0.39 is 0 Å². The van der Waals surface area contributed by atoms with E-state index in [0.29, 0.717) is 22.6 Å². The van der Waals surface area contributed by atoms with Crippen molar-refractivity contribution in [2.24, 2.45) is 0 Å². The first kappa shape index (κ1) is 20.9. The minimum absolute atomic E-state index is 0.0915. The van der Waals surface area contributed by atoms with Crippen LogP contribution in [0.5, 0.6) is 5.75 Å². The van der Waals surface area contributed by atoms with Crippen molar-refractivity contribution in [1.82, 2.24) is 14.5 Å². The SMILES string of the molecule is CCOC(=O)Cc1csc(NC(=O)CSc2nccn2-c2ccc(OC)cc2)n1. The lowest BCUT2D eigenvalue weighted by molar-refractivity contribution is -0.142. The van der Waals surface area contributed by atoms with E-state index in [1.807, 2.05) is 35.0 Å². The van der Waals surface area contributed by atoms with Gasteiger partial charge in [-0.3, -0.25) is 14.2 Å². The number of nitrogens with one attached hydrogen (secondary N) is 1. The molecular weight excluding hydrogens is 412 g/mol. The van der Waals surface area contributed by atoms with E-state index >= 15 is 0 Å². The Morgan fingerprint density at radius 2 is 2.07 bits per heavy atom. The average Bonchev–Trinajstić information content (AvgIpc) is 3.36. The van der Waals surface area contributed by atoms with Crippen molar-refractivity contribution in [3.8, 4) is 11.4 Å². The molecular formula is C19H20N4O4S2. The quantitative estimate of drug-likeness (QED) is 0.410. The number of carbonyl (C=O) groups excluding carboxylic acids is 2. The monoisotopic (exact) mass is 432 g/mol. The van der Waals surface area contributed by atoms with Gasteiger partial charge in [0.2, 0.25) is 5.91 Å². The number of nitrogens with zero attached hydrogens (tertiary/aromatic N) is 3. The van der Waals surface area contributed by atoms with Crippen molar-refractivity contribution in [3.63, 3.8) is 0 Å². The third-order valence-electron chi connectivity index (χ3n) is 3.72. The van der Waals surface area contributed by atoms with Gasteiger partial charge in [-0.1, -0.05) is 11.8 Å². The Morgan fingerprint density at radius 1 is 1.28 bits per heavy atom. The first-order valence-corrected chi connectivity index (χ1v) is 10.7. The summed E-state index contributed by atoms with van der Waals surface area (Å²) in [6.45, 7) is 2.08. The molecule has 10 heteroatoms. The summed E-state index contributed by atoms with van der Waals surface area (Å²) in [5.41, 5.74) is 1.50. The smallest absolute Gasteiger partial charge is 0.311 e. The van der Waals surface area contributed by atoms with Crippen LogP contribution in [-0.4, -0.2) is 45.9 Å². The van der Waals surface area contributed by atoms with Gasteiger partial charge < -0.3 is 14.8 Å². The minimum atomic E-state index is -0.336. The summed E-state index contributed by atoms with van der Waals surface area (Å²) in [6, 6.07) is 7.58. The van der Waals surface area contributed by atoms with Crippen LogP contribution in [-0.2, 0) is 20.7 Å². The highest BCUT2D eigenvalue weighted by molar-refractivity contribution is 7.99. The highest BCUT2D eigenvalue weighted by atomic mass is 32.2. The Bertz CT molecular complexity index is 969. The first-order valence-electron chi connectivity index (χ1n) is 8.79. The molecule has 29 heavy (non-hydrogen) atoms. The Morgan fingerprint density at radius 3 is 2.79 bits per heavy atom. The summed E-state index contributed by atoms with van der Waals surface area (Å²) in [5.74, 6) is 0.418. The van der Waals surface area contributed by atoms with Gasteiger partial charge in [-0.2, -0.15) is 0 Å². The van der Waals surface area contributed by atoms with Crippen molar-refractivity contribution in [3.05, 3.63) is 47.7 Å². The molecule has 152 valence electrons. The minimum Gasteiger partial charge on any atom is -0.497 e. The summed E-state index contributed by atoms with van der Waals surface area (Å²) in [5, 5.41) is 5.63. The van der Waals surface area contributed by atoms with Crippen LogP contribution < -0.4 is 10.1 Å². The van der Waals surface area contributed by atoms with Crippen LogP contribution in [0.4, 0.5) is 5.13 Å². The molecule has 1 N–H and O–H groups in total. The molecule has 3 rings (SSSR count). The summed E-state index contributed by atoms with van der Waals surface area (Å²) in [6.07, 6.45) is 3.62. The van der Waals surface area contributed by atoms with Crippen molar-refractivity contribution < 1.29 is 19.1 Å². The maximum Gasteiger partial charge on any atom is 0.311 e. The van der Waals surface area contributed by atoms with Crippen LogP contribution in [0.2, 0.25) is 0 Å². The molecule has 0 unspecified atom stereocenters. The van der Waals surface area contributed by atoms with E-state index in [4.69, 9.17) is 9.47 Å². The summed E-state index contributed by atoms with van der Waals surface area (Å²) in [7, 11) is 1.62. The van der Waals surface area contributed by atoms with Crippen molar-refractivity contribution >= 4 is 40.1 Å². The normalized spacial score (nSPS) is 10.6. The molecule has 0 radical (unpaired) electrons. The molecule has 2 aromatic heterocycles. The fourth-order valence-electron chi connectivity index (χ4n) is 2.43. The van der Waals surface area contributed by atoms with Crippen molar-refractivity contribution in [1.29, 1.82) is 0 Å². The lowest BCUT2D eigenvalue weighted by atomic mass is 10.3. The molecule has 1 amide bonds.